The number of hydrogen-bond acceptors (Lipinski definition) is 5. The highest BCUT2D eigenvalue weighted by molar-refractivity contribution is 6.30. The Hall–Kier alpha value is -3.66. The average Bonchev–Trinajstić information content (AvgIpc) is 3.42. The first-order chi connectivity index (χ1) is 15.3. The van der Waals surface area contributed by atoms with Crippen molar-refractivity contribution in [3.8, 4) is 22.6 Å². The van der Waals surface area contributed by atoms with Gasteiger partial charge in [0.05, 0.1) is 30.4 Å². The molecule has 164 valence electrons. The van der Waals surface area contributed by atoms with Gasteiger partial charge in [0.25, 0.3) is 0 Å². The number of carbonyl (C=O) groups excluding carboxylic acids is 1. The molecule has 0 saturated heterocycles. The number of aromatic nitrogens is 5. The molecule has 0 radical (unpaired) electrons. The number of carbonyl (C=O) groups is 1. The van der Waals surface area contributed by atoms with E-state index in [-0.39, 0.29) is 12.3 Å². The number of rotatable bonds is 5. The second-order valence-corrected chi connectivity index (χ2v) is 7.04. The molecule has 0 spiro atoms. The zero-order chi connectivity index (χ0) is 22.9. The predicted octanol–water partition coefficient (Wildman–Crippen LogP) is 4.97. The molecule has 0 aliphatic carbocycles. The van der Waals surface area contributed by atoms with E-state index in [4.69, 9.17) is 16.3 Å². The molecule has 0 aliphatic heterocycles. The molecule has 2 aromatic heterocycles. The lowest BCUT2D eigenvalue weighted by molar-refractivity contribution is -0.143. The number of halogens is 4. The van der Waals surface area contributed by atoms with Crippen molar-refractivity contribution < 1.29 is 22.7 Å². The standard InChI is InChI=1S/C21H15ClF3N5O2/c1-2-32-20(31)17-11-26-30(19(17)21(23,24)25)16-7-3-13(4-8-16)18-12-29(28-27-18)15-9-5-14(22)6-10-15/h3-12H,2H2,1H3. The van der Waals surface area contributed by atoms with E-state index in [1.165, 1.54) is 19.1 Å². The van der Waals surface area contributed by atoms with Crippen molar-refractivity contribution in [2.75, 3.05) is 6.61 Å². The molecule has 0 aliphatic rings. The third-order valence-electron chi connectivity index (χ3n) is 4.53. The molecule has 0 unspecified atom stereocenters. The molecule has 2 heterocycles. The number of esters is 1. The van der Waals surface area contributed by atoms with Gasteiger partial charge in [0.1, 0.15) is 11.3 Å². The van der Waals surface area contributed by atoms with Crippen LogP contribution in [0.25, 0.3) is 22.6 Å². The highest BCUT2D eigenvalue weighted by Gasteiger charge is 2.41. The Labute approximate surface area is 185 Å². The second kappa shape index (κ2) is 8.46. The van der Waals surface area contributed by atoms with Gasteiger partial charge in [-0.3, -0.25) is 0 Å². The molecule has 4 aromatic rings. The molecule has 0 saturated carbocycles. The molecule has 0 amide bonds. The molecule has 2 aromatic carbocycles. The van der Waals surface area contributed by atoms with Crippen molar-refractivity contribution >= 4 is 17.6 Å². The maximum absolute atomic E-state index is 13.7. The smallest absolute Gasteiger partial charge is 0.434 e. The minimum atomic E-state index is -4.81. The van der Waals surface area contributed by atoms with Crippen molar-refractivity contribution in [3.63, 3.8) is 0 Å². The van der Waals surface area contributed by atoms with E-state index in [2.05, 4.69) is 15.4 Å². The normalized spacial score (nSPS) is 11.5. The van der Waals surface area contributed by atoms with Crippen molar-refractivity contribution in [1.29, 1.82) is 0 Å². The van der Waals surface area contributed by atoms with Gasteiger partial charge in [-0.25, -0.2) is 14.2 Å². The number of nitrogens with zero attached hydrogens (tertiary/aromatic N) is 5. The third-order valence-corrected chi connectivity index (χ3v) is 4.78. The van der Waals surface area contributed by atoms with Gasteiger partial charge in [-0.15, -0.1) is 5.10 Å². The predicted molar refractivity (Wildman–Crippen MR) is 110 cm³/mol. The van der Waals surface area contributed by atoms with Crippen molar-refractivity contribution in [2.45, 2.75) is 13.1 Å². The molecule has 0 atom stereocenters. The SMILES string of the molecule is CCOC(=O)c1cnn(-c2ccc(-c3cn(-c4ccc(Cl)cc4)nn3)cc2)c1C(F)(F)F. The molecular formula is C21H15ClF3N5O2. The fraction of sp³-hybridized carbons (Fsp3) is 0.143. The lowest BCUT2D eigenvalue weighted by Crippen LogP contribution is -2.18. The van der Waals surface area contributed by atoms with E-state index in [0.717, 1.165) is 11.9 Å². The minimum Gasteiger partial charge on any atom is -0.462 e. The van der Waals surface area contributed by atoms with Gasteiger partial charge in [0.15, 0.2) is 5.69 Å². The average molecular weight is 462 g/mol. The Bertz CT molecular complexity index is 1250. The quantitative estimate of drug-likeness (QED) is 0.392. The van der Waals surface area contributed by atoms with Crippen LogP contribution >= 0.6 is 11.6 Å². The van der Waals surface area contributed by atoms with Crippen LogP contribution in [0.4, 0.5) is 13.2 Å². The number of hydrogen-bond donors (Lipinski definition) is 0. The first kappa shape index (κ1) is 21.6. The highest BCUT2D eigenvalue weighted by atomic mass is 35.5. The molecule has 0 N–H and O–H groups in total. The molecule has 32 heavy (non-hydrogen) atoms. The maximum Gasteiger partial charge on any atom is 0.434 e. The van der Waals surface area contributed by atoms with Crippen LogP contribution in [-0.2, 0) is 10.9 Å². The number of ether oxygens (including phenoxy) is 1. The second-order valence-electron chi connectivity index (χ2n) is 6.61. The molecule has 11 heteroatoms. The van der Waals surface area contributed by atoms with Crippen LogP contribution in [0, 0.1) is 0 Å². The maximum atomic E-state index is 13.7. The van der Waals surface area contributed by atoms with E-state index in [1.807, 2.05) is 0 Å². The zero-order valence-electron chi connectivity index (χ0n) is 16.5. The van der Waals surface area contributed by atoms with Gasteiger partial charge in [0, 0.05) is 10.6 Å². The Morgan fingerprint density at radius 3 is 2.34 bits per heavy atom. The van der Waals surface area contributed by atoms with Gasteiger partial charge in [0.2, 0.25) is 0 Å². The Morgan fingerprint density at radius 2 is 1.72 bits per heavy atom. The number of alkyl halides is 3. The van der Waals surface area contributed by atoms with Crippen LogP contribution in [0.1, 0.15) is 23.0 Å². The van der Waals surface area contributed by atoms with Gasteiger partial charge in [-0.1, -0.05) is 28.9 Å². The summed E-state index contributed by atoms with van der Waals surface area (Å²) >= 11 is 5.89. The van der Waals surface area contributed by atoms with Crippen LogP contribution in [0.2, 0.25) is 5.02 Å². The first-order valence-corrected chi connectivity index (χ1v) is 9.77. The Balaban J connectivity index is 1.65. The molecule has 7 nitrogen and oxygen atoms in total. The molecule has 0 bridgehead atoms. The lowest BCUT2D eigenvalue weighted by atomic mass is 10.1. The summed E-state index contributed by atoms with van der Waals surface area (Å²) in [7, 11) is 0. The molecule has 4 rings (SSSR count). The van der Waals surface area contributed by atoms with E-state index in [1.54, 1.807) is 47.3 Å². The van der Waals surface area contributed by atoms with Gasteiger partial charge >= 0.3 is 12.1 Å². The topological polar surface area (TPSA) is 74.8 Å². The van der Waals surface area contributed by atoms with Gasteiger partial charge in [-0.05, 0) is 43.3 Å². The third kappa shape index (κ3) is 4.22. The van der Waals surface area contributed by atoms with Crippen LogP contribution < -0.4 is 0 Å². The van der Waals surface area contributed by atoms with Crippen molar-refractivity contribution in [1.82, 2.24) is 24.8 Å². The zero-order valence-corrected chi connectivity index (χ0v) is 17.3. The van der Waals surface area contributed by atoms with Gasteiger partial charge < -0.3 is 4.74 Å². The van der Waals surface area contributed by atoms with E-state index in [0.29, 0.717) is 21.0 Å². The summed E-state index contributed by atoms with van der Waals surface area (Å²) < 4.78 is 47.9. The summed E-state index contributed by atoms with van der Waals surface area (Å²) in [6.45, 7) is 1.46. The van der Waals surface area contributed by atoms with Gasteiger partial charge in [-0.2, -0.15) is 18.3 Å². The first-order valence-electron chi connectivity index (χ1n) is 9.39. The molecule has 0 fully saturated rings. The monoisotopic (exact) mass is 461 g/mol. The molecular weight excluding hydrogens is 447 g/mol. The Morgan fingerprint density at radius 1 is 1.06 bits per heavy atom. The summed E-state index contributed by atoms with van der Waals surface area (Å²) in [5, 5.41) is 12.5. The van der Waals surface area contributed by atoms with E-state index in [9.17, 15) is 18.0 Å². The highest BCUT2D eigenvalue weighted by Crippen LogP contribution is 2.34. The summed E-state index contributed by atoms with van der Waals surface area (Å²) in [6.07, 6.45) is -2.27. The fourth-order valence-electron chi connectivity index (χ4n) is 3.06. The van der Waals surface area contributed by atoms with Crippen LogP contribution in [0.3, 0.4) is 0 Å². The van der Waals surface area contributed by atoms with Crippen LogP contribution in [0.5, 0.6) is 0 Å². The summed E-state index contributed by atoms with van der Waals surface area (Å²) in [6, 6.07) is 13.1. The Kier molecular flexibility index (Phi) is 5.70. The fourth-order valence-corrected chi connectivity index (χ4v) is 3.19. The summed E-state index contributed by atoms with van der Waals surface area (Å²) in [4.78, 5) is 11.9. The number of benzene rings is 2. The van der Waals surface area contributed by atoms with E-state index < -0.39 is 23.4 Å². The summed E-state index contributed by atoms with van der Waals surface area (Å²) in [5.74, 6) is -1.08. The van der Waals surface area contributed by atoms with Crippen LogP contribution in [-0.4, -0.2) is 37.4 Å². The van der Waals surface area contributed by atoms with E-state index >= 15 is 0 Å². The summed E-state index contributed by atoms with van der Waals surface area (Å²) in [5.41, 5.74) is 0.201. The largest absolute Gasteiger partial charge is 0.462 e. The van der Waals surface area contributed by atoms with Crippen molar-refractivity contribution in [2.24, 2.45) is 0 Å². The lowest BCUT2D eigenvalue weighted by Gasteiger charge is -2.12. The minimum absolute atomic E-state index is 0.0489. The van der Waals surface area contributed by atoms with Crippen molar-refractivity contribution in [3.05, 3.63) is 77.2 Å². The van der Waals surface area contributed by atoms with Crippen LogP contribution in [0.15, 0.2) is 60.9 Å².